The minimum absolute atomic E-state index is 0.183. The van der Waals surface area contributed by atoms with Crippen LogP contribution in [0.25, 0.3) is 21.9 Å². The molecule has 0 bridgehead atoms. The van der Waals surface area contributed by atoms with Crippen molar-refractivity contribution in [2.75, 3.05) is 26.0 Å². The molecular weight excluding hydrogens is 431 g/mol. The molecule has 0 saturated carbocycles. The van der Waals surface area contributed by atoms with E-state index in [1.807, 2.05) is 14.1 Å². The van der Waals surface area contributed by atoms with Crippen LogP contribution in [0.3, 0.4) is 0 Å². The molecule has 34 heavy (non-hydrogen) atoms. The van der Waals surface area contributed by atoms with Crippen molar-refractivity contribution in [3.05, 3.63) is 87.2 Å². The van der Waals surface area contributed by atoms with E-state index < -0.39 is 0 Å². The Morgan fingerprint density at radius 1 is 1.15 bits per heavy atom. The molecule has 1 aliphatic heterocycles. The van der Waals surface area contributed by atoms with Crippen LogP contribution in [0.4, 0.5) is 10.2 Å². The van der Waals surface area contributed by atoms with Crippen LogP contribution in [0, 0.1) is 12.7 Å². The summed E-state index contributed by atoms with van der Waals surface area (Å²) >= 11 is 0. The summed E-state index contributed by atoms with van der Waals surface area (Å²) in [5.41, 5.74) is 5.56. The fraction of sp³-hybridized carbons (Fsp3) is 0.259. The largest absolute Gasteiger partial charge is 0.493 e. The highest BCUT2D eigenvalue weighted by Crippen LogP contribution is 2.34. The predicted molar refractivity (Wildman–Crippen MR) is 133 cm³/mol. The van der Waals surface area contributed by atoms with E-state index in [-0.39, 0.29) is 17.9 Å². The van der Waals surface area contributed by atoms with Crippen LogP contribution < -0.4 is 15.6 Å². The van der Waals surface area contributed by atoms with Crippen molar-refractivity contribution in [2.24, 2.45) is 0 Å². The van der Waals surface area contributed by atoms with Crippen molar-refractivity contribution in [1.29, 1.82) is 0 Å². The van der Waals surface area contributed by atoms with Gasteiger partial charge in [0.15, 0.2) is 0 Å². The number of anilines is 1. The number of H-pyrrole nitrogens is 1. The zero-order chi connectivity index (χ0) is 23.8. The molecule has 5 rings (SSSR count). The smallest absolute Gasteiger partial charge is 0.248 e. The Kier molecular flexibility index (Phi) is 5.79. The van der Waals surface area contributed by atoms with Crippen LogP contribution >= 0.6 is 0 Å². The van der Waals surface area contributed by atoms with Gasteiger partial charge in [-0.1, -0.05) is 18.2 Å². The minimum atomic E-state index is -0.264. The lowest BCUT2D eigenvalue weighted by Gasteiger charge is -2.16. The van der Waals surface area contributed by atoms with E-state index >= 15 is 0 Å². The Balaban J connectivity index is 1.53. The summed E-state index contributed by atoms with van der Waals surface area (Å²) in [6, 6.07) is 11.1. The van der Waals surface area contributed by atoms with Crippen molar-refractivity contribution in [3.63, 3.8) is 0 Å². The summed E-state index contributed by atoms with van der Waals surface area (Å²) in [5.74, 6) is 1.07. The number of ether oxygens (including phenoxy) is 1. The van der Waals surface area contributed by atoms with Crippen molar-refractivity contribution in [3.8, 4) is 16.9 Å². The van der Waals surface area contributed by atoms with Gasteiger partial charge in [0.1, 0.15) is 17.4 Å². The Morgan fingerprint density at radius 3 is 2.79 bits per heavy atom. The molecule has 1 aliphatic rings. The van der Waals surface area contributed by atoms with Gasteiger partial charge in [-0.3, -0.25) is 4.79 Å². The van der Waals surface area contributed by atoms with Gasteiger partial charge >= 0.3 is 0 Å². The molecule has 0 fully saturated rings. The maximum absolute atomic E-state index is 14.6. The van der Waals surface area contributed by atoms with Crippen LogP contribution in [0.1, 0.15) is 22.3 Å². The summed E-state index contributed by atoms with van der Waals surface area (Å²) in [4.78, 5) is 21.8. The number of aryl methyl sites for hydroxylation is 1. The van der Waals surface area contributed by atoms with Gasteiger partial charge in [0, 0.05) is 65.4 Å². The normalized spacial score (nSPS) is 12.7. The zero-order valence-electron chi connectivity index (χ0n) is 19.5. The summed E-state index contributed by atoms with van der Waals surface area (Å²) < 4.78 is 20.2. The van der Waals surface area contributed by atoms with Crippen molar-refractivity contribution in [1.82, 2.24) is 14.9 Å². The van der Waals surface area contributed by atoms with Crippen LogP contribution in [0.5, 0.6) is 5.75 Å². The quantitative estimate of drug-likeness (QED) is 0.440. The minimum Gasteiger partial charge on any atom is -0.493 e. The third-order valence-electron chi connectivity index (χ3n) is 6.25. The highest BCUT2D eigenvalue weighted by molar-refractivity contribution is 6.01. The highest BCUT2D eigenvalue weighted by Gasteiger charge is 2.20. The Morgan fingerprint density at radius 2 is 2.00 bits per heavy atom. The third-order valence-corrected chi connectivity index (χ3v) is 6.25. The van der Waals surface area contributed by atoms with Gasteiger partial charge in [0.2, 0.25) is 5.56 Å². The number of aromatic amines is 1. The number of hydrogen-bond donors (Lipinski definition) is 2. The maximum Gasteiger partial charge on any atom is 0.248 e. The lowest BCUT2D eigenvalue weighted by Crippen LogP contribution is -2.11. The predicted octanol–water partition coefficient (Wildman–Crippen LogP) is 4.65. The number of aromatic nitrogens is 2. The van der Waals surface area contributed by atoms with E-state index in [0.717, 1.165) is 45.3 Å². The Hall–Kier alpha value is -3.71. The second-order valence-corrected chi connectivity index (χ2v) is 8.99. The van der Waals surface area contributed by atoms with E-state index in [1.54, 1.807) is 24.5 Å². The second-order valence-electron chi connectivity index (χ2n) is 8.99. The second kappa shape index (κ2) is 8.91. The molecular formula is C27H27FN4O2. The van der Waals surface area contributed by atoms with Gasteiger partial charge in [-0.2, -0.15) is 0 Å². The number of benzene rings is 2. The molecule has 0 unspecified atom stereocenters. The summed E-state index contributed by atoms with van der Waals surface area (Å²) in [5, 5.41) is 4.86. The average Bonchev–Trinajstić information content (AvgIpc) is 3.27. The van der Waals surface area contributed by atoms with Crippen LogP contribution in [-0.2, 0) is 19.5 Å². The molecule has 3 heterocycles. The van der Waals surface area contributed by atoms with E-state index in [9.17, 15) is 9.18 Å². The summed E-state index contributed by atoms with van der Waals surface area (Å²) in [6.07, 6.45) is 4.14. The van der Waals surface area contributed by atoms with Crippen molar-refractivity contribution >= 4 is 16.6 Å². The maximum atomic E-state index is 14.6. The molecule has 174 valence electrons. The molecule has 2 aromatic carbocycles. The summed E-state index contributed by atoms with van der Waals surface area (Å²) in [6.45, 7) is 3.76. The standard InChI is InChI=1S/C27H27FN4O2/c1-16-10-17(15-32(2)3)4-5-18(16)21-12-30-27(23-14-29-26(33)11-20(21)23)31-13-22-19-8-9-34-25(19)7-6-24(22)28/h4-7,10-12,14H,8-9,13,15H2,1-3H3,(H,29,33)(H,30,31). The molecule has 0 radical (unpaired) electrons. The van der Waals surface area contributed by atoms with Gasteiger partial charge in [-0.25, -0.2) is 9.37 Å². The first-order valence-corrected chi connectivity index (χ1v) is 11.3. The van der Waals surface area contributed by atoms with Crippen LogP contribution in [0.2, 0.25) is 0 Å². The van der Waals surface area contributed by atoms with E-state index in [2.05, 4.69) is 45.3 Å². The molecule has 7 heteroatoms. The Bertz CT molecular complexity index is 1450. The number of hydrogen-bond acceptors (Lipinski definition) is 5. The molecule has 6 nitrogen and oxygen atoms in total. The molecule has 0 saturated heterocycles. The number of rotatable bonds is 6. The van der Waals surface area contributed by atoms with E-state index in [4.69, 9.17) is 4.74 Å². The lowest BCUT2D eigenvalue weighted by molar-refractivity contribution is 0.356. The van der Waals surface area contributed by atoms with Crippen LogP contribution in [-0.4, -0.2) is 35.6 Å². The van der Waals surface area contributed by atoms with Gasteiger partial charge < -0.3 is 19.9 Å². The SMILES string of the molecule is Cc1cc(CN(C)C)ccc1-c1cnc(NCc2c(F)ccc3c2CCO3)c2c[nH]c(=O)cc12. The number of nitrogens with one attached hydrogen (secondary N) is 2. The molecule has 2 aromatic heterocycles. The molecule has 0 spiro atoms. The van der Waals surface area contributed by atoms with E-state index in [0.29, 0.717) is 24.4 Å². The highest BCUT2D eigenvalue weighted by atomic mass is 19.1. The first kappa shape index (κ1) is 22.1. The van der Waals surface area contributed by atoms with Gasteiger partial charge in [0.05, 0.1) is 6.61 Å². The molecule has 0 amide bonds. The first-order valence-electron chi connectivity index (χ1n) is 11.3. The summed E-state index contributed by atoms with van der Waals surface area (Å²) in [7, 11) is 4.09. The third kappa shape index (κ3) is 4.15. The van der Waals surface area contributed by atoms with Gasteiger partial charge in [-0.15, -0.1) is 0 Å². The monoisotopic (exact) mass is 458 g/mol. The first-order chi connectivity index (χ1) is 16.4. The Labute approximate surface area is 197 Å². The molecule has 4 aromatic rings. The number of pyridine rings is 2. The van der Waals surface area contributed by atoms with Gasteiger partial charge in [-0.05, 0) is 49.8 Å². The topological polar surface area (TPSA) is 70.2 Å². The fourth-order valence-corrected chi connectivity index (χ4v) is 4.68. The molecule has 0 aliphatic carbocycles. The van der Waals surface area contributed by atoms with Crippen LogP contribution in [0.15, 0.2) is 53.6 Å². The van der Waals surface area contributed by atoms with Crippen molar-refractivity contribution < 1.29 is 9.13 Å². The fourth-order valence-electron chi connectivity index (χ4n) is 4.68. The zero-order valence-corrected chi connectivity index (χ0v) is 19.5. The number of nitrogens with zero attached hydrogens (tertiary/aromatic N) is 2. The van der Waals surface area contributed by atoms with E-state index in [1.165, 1.54) is 11.6 Å². The number of fused-ring (bicyclic) bond motifs is 2. The lowest BCUT2D eigenvalue weighted by atomic mass is 9.96. The molecule has 0 atom stereocenters. The number of halogens is 1. The molecule has 2 N–H and O–H groups in total. The van der Waals surface area contributed by atoms with Crippen molar-refractivity contribution in [2.45, 2.75) is 26.4 Å². The van der Waals surface area contributed by atoms with Gasteiger partial charge in [0.25, 0.3) is 0 Å². The average molecular weight is 459 g/mol.